The van der Waals surface area contributed by atoms with E-state index in [2.05, 4.69) is 10.6 Å². The van der Waals surface area contributed by atoms with Crippen LogP contribution in [0.25, 0.3) is 0 Å². The number of esters is 1. The Balaban J connectivity index is 1.87. The quantitative estimate of drug-likeness (QED) is 0.744. The van der Waals surface area contributed by atoms with Gasteiger partial charge in [-0.15, -0.1) is 0 Å². The predicted molar refractivity (Wildman–Crippen MR) is 106 cm³/mol. The molecule has 2 N–H and O–H groups in total. The normalized spacial score (nSPS) is 19.9. The Kier molecular flexibility index (Phi) is 7.11. The molecule has 6 nitrogen and oxygen atoms in total. The van der Waals surface area contributed by atoms with Gasteiger partial charge in [0.05, 0.1) is 12.2 Å². The van der Waals surface area contributed by atoms with Crippen molar-refractivity contribution in [3.05, 3.63) is 29.3 Å². The first kappa shape index (κ1) is 21.1. The van der Waals surface area contributed by atoms with Crippen molar-refractivity contribution in [3.8, 4) is 0 Å². The average molecular weight is 376 g/mol. The minimum atomic E-state index is -0.482. The molecule has 1 aromatic rings. The lowest BCUT2D eigenvalue weighted by Crippen LogP contribution is -2.42. The molecule has 0 heterocycles. The van der Waals surface area contributed by atoms with Crippen LogP contribution in [0.1, 0.15) is 69.3 Å². The molecule has 1 saturated carbocycles. The number of nitrogens with one attached hydrogen (secondary N) is 2. The number of alkyl carbamates (subject to hydrolysis) is 1. The molecule has 0 atom stereocenters. The summed E-state index contributed by atoms with van der Waals surface area (Å²) in [6, 6.07) is 6.18. The van der Waals surface area contributed by atoms with Crippen molar-refractivity contribution in [2.45, 2.75) is 78.0 Å². The molecule has 0 aromatic heterocycles. The van der Waals surface area contributed by atoms with E-state index in [0.717, 1.165) is 36.9 Å². The number of hydrogen-bond donors (Lipinski definition) is 2. The van der Waals surface area contributed by atoms with E-state index >= 15 is 0 Å². The zero-order chi connectivity index (χ0) is 20.0. The number of ether oxygens (including phenoxy) is 2. The second kappa shape index (κ2) is 9.11. The van der Waals surface area contributed by atoms with Crippen LogP contribution >= 0.6 is 0 Å². The third-order valence-electron chi connectivity index (χ3n) is 4.41. The summed E-state index contributed by atoms with van der Waals surface area (Å²) in [5, 5.41) is 6.48. The third kappa shape index (κ3) is 7.12. The Morgan fingerprint density at radius 2 is 1.70 bits per heavy atom. The standard InChI is InChI=1S/C21H32N2O4/c1-6-26-19(24)15-11-14(2)12-18(13-15)22-16-7-9-17(10-8-16)23-20(25)27-21(3,4)5/h11-13,16-17,22H,6-10H2,1-5H3,(H,23,25). The number of rotatable bonds is 5. The first-order valence-electron chi connectivity index (χ1n) is 9.71. The Labute approximate surface area is 162 Å². The van der Waals surface area contributed by atoms with E-state index in [0.29, 0.717) is 18.2 Å². The van der Waals surface area contributed by atoms with Gasteiger partial charge in [0, 0.05) is 17.8 Å². The highest BCUT2D eigenvalue weighted by atomic mass is 16.6. The molecule has 6 heteroatoms. The van der Waals surface area contributed by atoms with Crippen LogP contribution in [0.4, 0.5) is 10.5 Å². The average Bonchev–Trinajstić information content (AvgIpc) is 2.54. The van der Waals surface area contributed by atoms with Crippen LogP contribution in [0, 0.1) is 6.92 Å². The maximum Gasteiger partial charge on any atom is 0.407 e. The van der Waals surface area contributed by atoms with Gasteiger partial charge in [-0.05, 0) is 84.1 Å². The highest BCUT2D eigenvalue weighted by Gasteiger charge is 2.25. The van der Waals surface area contributed by atoms with Crippen molar-refractivity contribution in [1.82, 2.24) is 5.32 Å². The van der Waals surface area contributed by atoms with Crippen LogP contribution in [-0.2, 0) is 9.47 Å². The number of anilines is 1. The summed E-state index contributed by atoms with van der Waals surface area (Å²) in [6.45, 7) is 9.72. The third-order valence-corrected chi connectivity index (χ3v) is 4.41. The van der Waals surface area contributed by atoms with Gasteiger partial charge in [-0.1, -0.05) is 0 Å². The topological polar surface area (TPSA) is 76.7 Å². The fraction of sp³-hybridized carbons (Fsp3) is 0.619. The molecule has 0 bridgehead atoms. The van der Waals surface area contributed by atoms with Crippen molar-refractivity contribution in [3.63, 3.8) is 0 Å². The van der Waals surface area contributed by atoms with E-state index in [-0.39, 0.29) is 18.1 Å². The van der Waals surface area contributed by atoms with Gasteiger partial charge < -0.3 is 20.1 Å². The van der Waals surface area contributed by atoms with Gasteiger partial charge in [-0.3, -0.25) is 0 Å². The van der Waals surface area contributed by atoms with E-state index in [1.165, 1.54) is 0 Å². The van der Waals surface area contributed by atoms with Crippen LogP contribution in [0.3, 0.4) is 0 Å². The molecule has 0 radical (unpaired) electrons. The zero-order valence-electron chi connectivity index (χ0n) is 17.1. The van der Waals surface area contributed by atoms with Crippen LogP contribution in [0.2, 0.25) is 0 Å². The SMILES string of the molecule is CCOC(=O)c1cc(C)cc(NC2CCC(NC(=O)OC(C)(C)C)CC2)c1. The van der Waals surface area contributed by atoms with Gasteiger partial charge in [0.1, 0.15) is 5.60 Å². The van der Waals surface area contributed by atoms with Gasteiger partial charge >= 0.3 is 12.1 Å². The Hall–Kier alpha value is -2.24. The molecule has 2 rings (SSSR count). The first-order chi connectivity index (χ1) is 12.7. The van der Waals surface area contributed by atoms with Crippen molar-refractivity contribution >= 4 is 17.7 Å². The highest BCUT2D eigenvalue weighted by molar-refractivity contribution is 5.90. The largest absolute Gasteiger partial charge is 0.462 e. The van der Waals surface area contributed by atoms with Gasteiger partial charge in [0.2, 0.25) is 0 Å². The molecule has 1 amide bonds. The van der Waals surface area contributed by atoms with Gasteiger partial charge in [-0.2, -0.15) is 0 Å². The second-order valence-electron chi connectivity index (χ2n) is 8.15. The minimum Gasteiger partial charge on any atom is -0.462 e. The van der Waals surface area contributed by atoms with Crippen LogP contribution < -0.4 is 10.6 Å². The summed E-state index contributed by atoms with van der Waals surface area (Å²) >= 11 is 0. The fourth-order valence-electron chi connectivity index (χ4n) is 3.29. The molecule has 1 aliphatic rings. The van der Waals surface area contributed by atoms with E-state index in [1.807, 2.05) is 45.9 Å². The second-order valence-corrected chi connectivity index (χ2v) is 8.15. The fourth-order valence-corrected chi connectivity index (χ4v) is 3.29. The molecule has 27 heavy (non-hydrogen) atoms. The molecule has 1 fully saturated rings. The smallest absolute Gasteiger partial charge is 0.407 e. The number of carbonyl (C=O) groups is 2. The molecule has 0 spiro atoms. The number of carbonyl (C=O) groups excluding carboxylic acids is 2. The van der Waals surface area contributed by atoms with E-state index in [4.69, 9.17) is 9.47 Å². The lowest BCUT2D eigenvalue weighted by molar-refractivity contribution is 0.0489. The zero-order valence-corrected chi connectivity index (χ0v) is 17.1. The van der Waals surface area contributed by atoms with Crippen LogP contribution in [0.15, 0.2) is 18.2 Å². The molecule has 0 unspecified atom stereocenters. The summed E-state index contributed by atoms with van der Waals surface area (Å²) in [5.74, 6) is -0.297. The summed E-state index contributed by atoms with van der Waals surface area (Å²) in [4.78, 5) is 23.9. The summed E-state index contributed by atoms with van der Waals surface area (Å²) in [6.07, 6.45) is 3.34. The molecule has 0 aliphatic heterocycles. The lowest BCUT2D eigenvalue weighted by Gasteiger charge is -2.31. The molecule has 1 aromatic carbocycles. The number of hydrogen-bond acceptors (Lipinski definition) is 5. The van der Waals surface area contributed by atoms with Crippen molar-refractivity contribution in [1.29, 1.82) is 0 Å². The minimum absolute atomic E-state index is 0.144. The summed E-state index contributed by atoms with van der Waals surface area (Å²) < 4.78 is 10.4. The molecular weight excluding hydrogens is 344 g/mol. The predicted octanol–water partition coefficient (Wildman–Crippen LogP) is 4.42. The van der Waals surface area contributed by atoms with Gasteiger partial charge in [0.25, 0.3) is 0 Å². The molecule has 1 aliphatic carbocycles. The van der Waals surface area contributed by atoms with Gasteiger partial charge in [-0.25, -0.2) is 9.59 Å². The van der Waals surface area contributed by atoms with E-state index in [1.54, 1.807) is 6.92 Å². The Bertz CT molecular complexity index is 659. The number of amides is 1. The first-order valence-corrected chi connectivity index (χ1v) is 9.71. The molecule has 0 saturated heterocycles. The highest BCUT2D eigenvalue weighted by Crippen LogP contribution is 2.24. The maximum absolute atomic E-state index is 12.0. The van der Waals surface area contributed by atoms with Crippen molar-refractivity contribution < 1.29 is 19.1 Å². The van der Waals surface area contributed by atoms with Gasteiger partial charge in [0.15, 0.2) is 0 Å². The van der Waals surface area contributed by atoms with E-state index < -0.39 is 5.60 Å². The molecular formula is C21H32N2O4. The van der Waals surface area contributed by atoms with E-state index in [9.17, 15) is 9.59 Å². The summed E-state index contributed by atoms with van der Waals surface area (Å²) in [7, 11) is 0. The maximum atomic E-state index is 12.0. The number of benzene rings is 1. The Morgan fingerprint density at radius 3 is 2.30 bits per heavy atom. The van der Waals surface area contributed by atoms with Crippen LogP contribution in [0.5, 0.6) is 0 Å². The molecule has 150 valence electrons. The monoisotopic (exact) mass is 376 g/mol. The van der Waals surface area contributed by atoms with Crippen LogP contribution in [-0.4, -0.2) is 36.4 Å². The Morgan fingerprint density at radius 1 is 1.07 bits per heavy atom. The van der Waals surface area contributed by atoms with Crippen molar-refractivity contribution in [2.24, 2.45) is 0 Å². The lowest BCUT2D eigenvalue weighted by atomic mass is 9.91. The summed E-state index contributed by atoms with van der Waals surface area (Å²) in [5.41, 5.74) is 2.04. The number of aryl methyl sites for hydroxylation is 1. The van der Waals surface area contributed by atoms with Crippen molar-refractivity contribution in [2.75, 3.05) is 11.9 Å².